The van der Waals surface area contributed by atoms with Crippen molar-refractivity contribution < 1.29 is 9.21 Å². The average Bonchev–Trinajstić information content (AvgIpc) is 3.16. The molecule has 116 valence electrons. The summed E-state index contributed by atoms with van der Waals surface area (Å²) < 4.78 is 5.03. The maximum Gasteiger partial charge on any atom is 0.273 e. The van der Waals surface area contributed by atoms with Crippen LogP contribution in [-0.4, -0.2) is 34.9 Å². The molecule has 1 amide bonds. The van der Waals surface area contributed by atoms with Crippen LogP contribution in [0.25, 0.3) is 10.6 Å². The quantitative estimate of drug-likeness (QED) is 0.924. The molecule has 1 atom stereocenters. The molecule has 8 heteroatoms. The first-order valence-electron chi connectivity index (χ1n) is 6.28. The molecule has 1 aliphatic rings. The fourth-order valence-electron chi connectivity index (χ4n) is 2.39. The standard InChI is InChI=1S/C13H15N3O2S.2ClH/c14-6-10-2-1-4-16(10)13(17)11-8-19-12(15-11)9-3-5-18-7-9;;/h3,5,7-8,10H,1-2,4,6,14H2;2*1H. The summed E-state index contributed by atoms with van der Waals surface area (Å²) in [5.74, 6) is -0.0149. The molecule has 2 aromatic heterocycles. The van der Waals surface area contributed by atoms with Gasteiger partial charge in [0.25, 0.3) is 5.91 Å². The highest BCUT2D eigenvalue weighted by molar-refractivity contribution is 7.13. The van der Waals surface area contributed by atoms with Crippen molar-refractivity contribution in [3.63, 3.8) is 0 Å². The van der Waals surface area contributed by atoms with E-state index in [-0.39, 0.29) is 36.8 Å². The zero-order chi connectivity index (χ0) is 13.2. The third kappa shape index (κ3) is 3.58. The molecule has 0 saturated carbocycles. The number of carbonyl (C=O) groups is 1. The zero-order valence-corrected chi connectivity index (χ0v) is 13.7. The van der Waals surface area contributed by atoms with Gasteiger partial charge in [0.05, 0.1) is 6.26 Å². The number of halogens is 2. The molecule has 0 aromatic carbocycles. The number of likely N-dealkylation sites (tertiary alicyclic amines) is 1. The second kappa shape index (κ2) is 7.79. The lowest BCUT2D eigenvalue weighted by atomic mass is 10.2. The van der Waals surface area contributed by atoms with Crippen molar-refractivity contribution in [2.75, 3.05) is 13.1 Å². The Kier molecular flexibility index (Phi) is 6.67. The molecule has 3 heterocycles. The molecule has 0 radical (unpaired) electrons. The number of nitrogens with zero attached hydrogens (tertiary/aromatic N) is 2. The SMILES string of the molecule is Cl.Cl.NCC1CCCN1C(=O)c1csc(-c2ccoc2)n1. The van der Waals surface area contributed by atoms with Crippen molar-refractivity contribution in [1.82, 2.24) is 9.88 Å². The van der Waals surface area contributed by atoms with E-state index in [1.807, 2.05) is 11.0 Å². The predicted molar refractivity (Wildman–Crippen MR) is 87.4 cm³/mol. The lowest BCUT2D eigenvalue weighted by Gasteiger charge is -2.22. The third-order valence-corrected chi connectivity index (χ3v) is 4.29. The second-order valence-corrected chi connectivity index (χ2v) is 5.44. The fourth-order valence-corrected chi connectivity index (χ4v) is 3.17. The molecule has 0 aliphatic carbocycles. The first kappa shape index (κ1) is 18.0. The molecule has 2 N–H and O–H groups in total. The van der Waals surface area contributed by atoms with Crippen molar-refractivity contribution in [2.45, 2.75) is 18.9 Å². The second-order valence-electron chi connectivity index (χ2n) is 4.58. The van der Waals surface area contributed by atoms with Crippen LogP contribution in [0.2, 0.25) is 0 Å². The minimum Gasteiger partial charge on any atom is -0.472 e. The topological polar surface area (TPSA) is 72.4 Å². The number of furan rings is 1. The highest BCUT2D eigenvalue weighted by atomic mass is 35.5. The van der Waals surface area contributed by atoms with Crippen LogP contribution in [0.4, 0.5) is 0 Å². The van der Waals surface area contributed by atoms with Crippen molar-refractivity contribution in [2.24, 2.45) is 5.73 Å². The predicted octanol–water partition coefficient (Wildman–Crippen LogP) is 2.81. The van der Waals surface area contributed by atoms with E-state index in [0.29, 0.717) is 12.2 Å². The van der Waals surface area contributed by atoms with E-state index >= 15 is 0 Å². The van der Waals surface area contributed by atoms with Crippen molar-refractivity contribution in [1.29, 1.82) is 0 Å². The first-order valence-corrected chi connectivity index (χ1v) is 7.16. The van der Waals surface area contributed by atoms with Gasteiger partial charge in [0.15, 0.2) is 0 Å². The lowest BCUT2D eigenvalue weighted by molar-refractivity contribution is 0.0736. The molecular weight excluding hydrogens is 333 g/mol. The summed E-state index contributed by atoms with van der Waals surface area (Å²) in [7, 11) is 0. The van der Waals surface area contributed by atoms with Gasteiger partial charge < -0.3 is 15.1 Å². The van der Waals surface area contributed by atoms with E-state index in [9.17, 15) is 4.79 Å². The summed E-state index contributed by atoms with van der Waals surface area (Å²) in [5.41, 5.74) is 7.10. The molecule has 1 fully saturated rings. The highest BCUT2D eigenvalue weighted by Crippen LogP contribution is 2.26. The number of aromatic nitrogens is 1. The zero-order valence-electron chi connectivity index (χ0n) is 11.2. The van der Waals surface area contributed by atoms with Crippen molar-refractivity contribution in [3.8, 4) is 10.6 Å². The van der Waals surface area contributed by atoms with Crippen LogP contribution in [0.3, 0.4) is 0 Å². The van der Waals surface area contributed by atoms with E-state index in [1.165, 1.54) is 11.3 Å². The van der Waals surface area contributed by atoms with Crippen LogP contribution >= 0.6 is 36.2 Å². The van der Waals surface area contributed by atoms with Gasteiger partial charge in [-0.25, -0.2) is 4.98 Å². The maximum absolute atomic E-state index is 12.4. The summed E-state index contributed by atoms with van der Waals surface area (Å²) in [6.07, 6.45) is 5.24. The van der Waals surface area contributed by atoms with Gasteiger partial charge in [-0.2, -0.15) is 0 Å². The molecule has 5 nitrogen and oxygen atoms in total. The van der Waals surface area contributed by atoms with E-state index < -0.39 is 0 Å². The molecule has 21 heavy (non-hydrogen) atoms. The summed E-state index contributed by atoms with van der Waals surface area (Å²) >= 11 is 1.45. The Morgan fingerprint density at radius 1 is 1.52 bits per heavy atom. The van der Waals surface area contributed by atoms with Crippen molar-refractivity contribution >= 4 is 42.1 Å². The van der Waals surface area contributed by atoms with Crippen LogP contribution in [0, 0.1) is 0 Å². The lowest BCUT2D eigenvalue weighted by Crippen LogP contribution is -2.40. The Morgan fingerprint density at radius 2 is 2.33 bits per heavy atom. The van der Waals surface area contributed by atoms with E-state index in [0.717, 1.165) is 30.0 Å². The number of amides is 1. The Morgan fingerprint density at radius 3 is 3.00 bits per heavy atom. The average molecular weight is 350 g/mol. The molecular formula is C13H17Cl2N3O2S. The van der Waals surface area contributed by atoms with Crippen molar-refractivity contribution in [3.05, 3.63) is 29.7 Å². The van der Waals surface area contributed by atoms with Crippen LogP contribution < -0.4 is 5.73 Å². The summed E-state index contributed by atoms with van der Waals surface area (Å²) in [4.78, 5) is 18.6. The number of hydrogen-bond acceptors (Lipinski definition) is 5. The minimum absolute atomic E-state index is 0. The van der Waals surface area contributed by atoms with Gasteiger partial charge in [-0.3, -0.25) is 4.79 Å². The first-order chi connectivity index (χ1) is 9.29. The third-order valence-electron chi connectivity index (χ3n) is 3.40. The smallest absolute Gasteiger partial charge is 0.273 e. The van der Waals surface area contributed by atoms with Crippen LogP contribution in [0.1, 0.15) is 23.3 Å². The number of nitrogens with two attached hydrogens (primary N) is 1. The Bertz CT molecular complexity index is 574. The van der Waals surface area contributed by atoms with E-state index in [4.69, 9.17) is 10.2 Å². The summed E-state index contributed by atoms with van der Waals surface area (Å²) in [6, 6.07) is 2.00. The highest BCUT2D eigenvalue weighted by Gasteiger charge is 2.29. The number of carbonyl (C=O) groups excluding carboxylic acids is 1. The van der Waals surface area contributed by atoms with Gasteiger partial charge in [0.1, 0.15) is 17.0 Å². The van der Waals surface area contributed by atoms with Gasteiger partial charge in [-0.1, -0.05) is 0 Å². The molecule has 1 unspecified atom stereocenters. The van der Waals surface area contributed by atoms with Crippen LogP contribution in [0.15, 0.2) is 28.4 Å². The Hall–Kier alpha value is -1.08. The summed E-state index contributed by atoms with van der Waals surface area (Å²) in [5, 5.41) is 2.61. The van der Waals surface area contributed by atoms with Gasteiger partial charge in [0.2, 0.25) is 0 Å². The molecule has 0 bridgehead atoms. The number of hydrogen-bond donors (Lipinski definition) is 1. The Balaban J connectivity index is 0.00000110. The fraction of sp³-hybridized carbons (Fsp3) is 0.385. The normalized spacial score (nSPS) is 17.2. The van der Waals surface area contributed by atoms with Crippen LogP contribution in [-0.2, 0) is 0 Å². The largest absolute Gasteiger partial charge is 0.472 e. The van der Waals surface area contributed by atoms with E-state index in [2.05, 4.69) is 4.98 Å². The van der Waals surface area contributed by atoms with Gasteiger partial charge in [-0.15, -0.1) is 36.2 Å². The molecule has 1 aliphatic heterocycles. The maximum atomic E-state index is 12.4. The Labute approximate surface area is 139 Å². The van der Waals surface area contributed by atoms with E-state index in [1.54, 1.807) is 17.9 Å². The number of rotatable bonds is 3. The van der Waals surface area contributed by atoms with Gasteiger partial charge in [0, 0.05) is 30.1 Å². The van der Waals surface area contributed by atoms with Gasteiger partial charge >= 0.3 is 0 Å². The monoisotopic (exact) mass is 349 g/mol. The molecule has 1 saturated heterocycles. The molecule has 2 aromatic rings. The van der Waals surface area contributed by atoms with Gasteiger partial charge in [-0.05, 0) is 18.9 Å². The number of thiazole rings is 1. The minimum atomic E-state index is -0.0149. The van der Waals surface area contributed by atoms with Crippen LogP contribution in [0.5, 0.6) is 0 Å². The summed E-state index contributed by atoms with van der Waals surface area (Å²) in [6.45, 7) is 1.30. The molecule has 3 rings (SSSR count). The molecule has 0 spiro atoms.